The van der Waals surface area contributed by atoms with Gasteiger partial charge in [0.05, 0.1) is 16.1 Å². The van der Waals surface area contributed by atoms with Crippen molar-refractivity contribution in [1.82, 2.24) is 4.98 Å². The maximum atomic E-state index is 14.0. The van der Waals surface area contributed by atoms with Crippen molar-refractivity contribution in [3.05, 3.63) is 46.7 Å². The summed E-state index contributed by atoms with van der Waals surface area (Å²) >= 11 is 5.73. The van der Waals surface area contributed by atoms with Gasteiger partial charge in [0.1, 0.15) is 17.6 Å². The van der Waals surface area contributed by atoms with Crippen LogP contribution in [0.5, 0.6) is 11.5 Å². The molecule has 1 aliphatic carbocycles. The Morgan fingerprint density at radius 1 is 1.26 bits per heavy atom. The predicted octanol–water partition coefficient (Wildman–Crippen LogP) is 4.05. The van der Waals surface area contributed by atoms with E-state index in [4.69, 9.17) is 16.3 Å². The van der Waals surface area contributed by atoms with Gasteiger partial charge in [0.15, 0.2) is 0 Å². The van der Waals surface area contributed by atoms with Crippen LogP contribution in [0.2, 0.25) is 5.02 Å². The molecule has 1 N–H and O–H groups in total. The molecule has 1 aromatic carbocycles. The number of aromatic nitrogens is 1. The molecule has 5 nitrogen and oxygen atoms in total. The van der Waals surface area contributed by atoms with Crippen LogP contribution in [0, 0.1) is 0 Å². The molecule has 0 saturated heterocycles. The highest BCUT2D eigenvalue weighted by Gasteiger charge is 2.55. The number of aliphatic hydroxyl groups excluding tert-OH is 1. The van der Waals surface area contributed by atoms with Crippen LogP contribution in [0.3, 0.4) is 0 Å². The van der Waals surface area contributed by atoms with Gasteiger partial charge in [0, 0.05) is 29.8 Å². The van der Waals surface area contributed by atoms with Gasteiger partial charge in [0.25, 0.3) is 15.8 Å². The van der Waals surface area contributed by atoms with Gasteiger partial charge in [-0.3, -0.25) is 4.98 Å². The molecule has 1 aliphatic rings. The predicted molar refractivity (Wildman–Crippen MR) is 82.6 cm³/mol. The zero-order chi connectivity index (χ0) is 20.2. The molecule has 0 fully saturated rings. The third-order valence-electron chi connectivity index (χ3n) is 3.86. The number of aliphatic hydroxyl groups is 1. The monoisotopic (exact) mass is 429 g/mol. The lowest BCUT2D eigenvalue weighted by molar-refractivity contribution is -0.0978. The minimum Gasteiger partial charge on any atom is -0.455 e. The smallest absolute Gasteiger partial charge is 0.455 e. The molecule has 1 aromatic heterocycles. The summed E-state index contributed by atoms with van der Waals surface area (Å²) in [5.74, 6) is -4.23. The van der Waals surface area contributed by atoms with Crippen molar-refractivity contribution in [2.24, 2.45) is 0 Å². The molecule has 0 spiro atoms. The molecule has 0 aliphatic heterocycles. The maximum Gasteiger partial charge on any atom is 0.501 e. The van der Waals surface area contributed by atoms with Crippen molar-refractivity contribution in [2.45, 2.75) is 28.9 Å². The second-order valence-corrected chi connectivity index (χ2v) is 8.03. The van der Waals surface area contributed by atoms with E-state index in [2.05, 4.69) is 4.98 Å². The van der Waals surface area contributed by atoms with Crippen LogP contribution in [0.1, 0.15) is 17.2 Å². The third-order valence-corrected chi connectivity index (χ3v) is 5.61. The lowest BCUT2D eigenvalue weighted by Crippen LogP contribution is -2.26. The largest absolute Gasteiger partial charge is 0.501 e. The normalized spacial score (nSPS) is 19.0. The van der Waals surface area contributed by atoms with E-state index in [1.165, 1.54) is 18.5 Å². The molecule has 1 unspecified atom stereocenters. The van der Waals surface area contributed by atoms with Crippen LogP contribution < -0.4 is 4.74 Å². The molecule has 0 radical (unpaired) electrons. The van der Waals surface area contributed by atoms with E-state index in [0.717, 1.165) is 6.07 Å². The number of sulfone groups is 1. The van der Waals surface area contributed by atoms with Gasteiger partial charge in [0.2, 0.25) is 0 Å². The molecule has 2 aromatic rings. The van der Waals surface area contributed by atoms with Crippen molar-refractivity contribution in [3.8, 4) is 11.5 Å². The quantitative estimate of drug-likeness (QED) is 0.745. The summed E-state index contributed by atoms with van der Waals surface area (Å²) in [5, 5.41) is 9.93. The van der Waals surface area contributed by atoms with Gasteiger partial charge in [-0.15, -0.1) is 0 Å². The summed E-state index contributed by atoms with van der Waals surface area (Å²) in [6.07, 6.45) is -1.51. The number of fused-ring (bicyclic) bond motifs is 1. The van der Waals surface area contributed by atoms with Crippen molar-refractivity contribution in [3.63, 3.8) is 0 Å². The molecule has 0 bridgehead atoms. The van der Waals surface area contributed by atoms with E-state index in [0.29, 0.717) is 6.07 Å². The lowest BCUT2D eigenvalue weighted by Gasteiger charge is -2.17. The Morgan fingerprint density at radius 2 is 1.93 bits per heavy atom. The standard InChI is InChI=1S/C15H9ClF5NO4S/c16-7-3-8(6-22-5-7)26-10-1-2-11(27(24,25)15(19,20)21)12-9(10)4-14(17,18)13(12)23/h1-3,5-6,13,23H,4H2. The highest BCUT2D eigenvalue weighted by molar-refractivity contribution is 7.92. The highest BCUT2D eigenvalue weighted by Crippen LogP contribution is 2.51. The second-order valence-electron chi connectivity index (χ2n) is 5.68. The molecular weight excluding hydrogens is 421 g/mol. The molecule has 27 heavy (non-hydrogen) atoms. The average Bonchev–Trinajstić information content (AvgIpc) is 2.77. The highest BCUT2D eigenvalue weighted by atomic mass is 35.5. The van der Waals surface area contributed by atoms with E-state index in [9.17, 15) is 35.5 Å². The van der Waals surface area contributed by atoms with Crippen molar-refractivity contribution >= 4 is 21.4 Å². The van der Waals surface area contributed by atoms with Crippen LogP contribution >= 0.6 is 11.6 Å². The fourth-order valence-electron chi connectivity index (χ4n) is 2.68. The fraction of sp³-hybridized carbons (Fsp3) is 0.267. The summed E-state index contributed by atoms with van der Waals surface area (Å²) in [4.78, 5) is 2.27. The molecule has 146 valence electrons. The van der Waals surface area contributed by atoms with E-state index < -0.39 is 49.8 Å². The molecule has 0 saturated carbocycles. The number of benzene rings is 1. The Morgan fingerprint density at radius 3 is 2.52 bits per heavy atom. The minimum atomic E-state index is -5.96. The summed E-state index contributed by atoms with van der Waals surface area (Å²) in [6, 6.07) is 2.55. The van der Waals surface area contributed by atoms with E-state index >= 15 is 0 Å². The molecular formula is C15H9ClF5NO4S. The first kappa shape index (κ1) is 19.8. The lowest BCUT2D eigenvalue weighted by atomic mass is 10.1. The number of alkyl halides is 5. The number of halogens is 6. The van der Waals surface area contributed by atoms with E-state index in [-0.39, 0.29) is 16.5 Å². The third kappa shape index (κ3) is 3.34. The minimum absolute atomic E-state index is 0.0131. The van der Waals surface area contributed by atoms with E-state index in [1.54, 1.807) is 0 Å². The van der Waals surface area contributed by atoms with Crippen molar-refractivity contribution < 1.29 is 40.2 Å². The fourth-order valence-corrected chi connectivity index (χ4v) is 3.86. The Bertz CT molecular complexity index is 1010. The first-order valence-corrected chi connectivity index (χ1v) is 9.02. The number of rotatable bonds is 3. The zero-order valence-electron chi connectivity index (χ0n) is 13.0. The Labute approximate surface area is 154 Å². The van der Waals surface area contributed by atoms with Gasteiger partial charge in [-0.05, 0) is 12.1 Å². The van der Waals surface area contributed by atoms with Crippen LogP contribution in [0.15, 0.2) is 35.5 Å². The number of ether oxygens (including phenoxy) is 1. The van der Waals surface area contributed by atoms with Gasteiger partial charge in [-0.2, -0.15) is 13.2 Å². The second kappa shape index (κ2) is 6.28. The number of pyridine rings is 1. The molecule has 12 heteroatoms. The molecule has 1 atom stereocenters. The topological polar surface area (TPSA) is 76.5 Å². The van der Waals surface area contributed by atoms with Gasteiger partial charge >= 0.3 is 5.51 Å². The first-order chi connectivity index (χ1) is 12.3. The Balaban J connectivity index is 2.19. The van der Waals surface area contributed by atoms with Crippen LogP contribution in [0.25, 0.3) is 0 Å². The molecule has 1 heterocycles. The van der Waals surface area contributed by atoms with Crippen LogP contribution in [-0.2, 0) is 16.3 Å². The SMILES string of the molecule is O=S(=O)(c1ccc(Oc2cncc(Cl)c2)c2c1C(O)C(F)(F)C2)C(F)(F)F. The van der Waals surface area contributed by atoms with Crippen molar-refractivity contribution in [2.75, 3.05) is 0 Å². The number of hydrogen-bond acceptors (Lipinski definition) is 5. The van der Waals surface area contributed by atoms with Gasteiger partial charge in [-0.25, -0.2) is 17.2 Å². The van der Waals surface area contributed by atoms with E-state index in [1.807, 2.05) is 0 Å². The summed E-state index contributed by atoms with van der Waals surface area (Å²) < 4.78 is 95.4. The maximum absolute atomic E-state index is 14.0. The number of nitrogens with zero attached hydrogens (tertiary/aromatic N) is 1. The van der Waals surface area contributed by atoms with Gasteiger partial charge < -0.3 is 9.84 Å². The van der Waals surface area contributed by atoms with Crippen LogP contribution in [0.4, 0.5) is 22.0 Å². The van der Waals surface area contributed by atoms with Crippen LogP contribution in [-0.4, -0.2) is 29.9 Å². The number of hydrogen-bond donors (Lipinski definition) is 1. The Kier molecular flexibility index (Phi) is 4.60. The summed E-state index contributed by atoms with van der Waals surface area (Å²) in [7, 11) is -5.96. The summed E-state index contributed by atoms with van der Waals surface area (Å²) in [5.41, 5.74) is -7.31. The van der Waals surface area contributed by atoms with Crippen molar-refractivity contribution in [1.29, 1.82) is 0 Å². The first-order valence-electron chi connectivity index (χ1n) is 7.16. The summed E-state index contributed by atoms with van der Waals surface area (Å²) in [6.45, 7) is 0. The molecule has 3 rings (SSSR count). The Hall–Kier alpha value is -1.98. The van der Waals surface area contributed by atoms with Gasteiger partial charge in [-0.1, -0.05) is 11.6 Å². The molecule has 0 amide bonds. The zero-order valence-corrected chi connectivity index (χ0v) is 14.5. The average molecular weight is 430 g/mol.